The zero-order chi connectivity index (χ0) is 17.1. The first-order valence-corrected chi connectivity index (χ1v) is 8.54. The van der Waals surface area contributed by atoms with E-state index in [1.54, 1.807) is 23.1 Å². The predicted molar refractivity (Wildman–Crippen MR) is 96.8 cm³/mol. The highest BCUT2D eigenvalue weighted by atomic mass is 16.1. The predicted octanol–water partition coefficient (Wildman–Crippen LogP) is 2.32. The second-order valence-corrected chi connectivity index (χ2v) is 6.63. The molecular weight excluding hydrogens is 302 g/mol. The van der Waals surface area contributed by atoms with Crippen LogP contribution in [0.25, 0.3) is 0 Å². The fourth-order valence-electron chi connectivity index (χ4n) is 3.08. The van der Waals surface area contributed by atoms with Gasteiger partial charge < -0.3 is 9.80 Å². The van der Waals surface area contributed by atoms with Gasteiger partial charge in [0.2, 0.25) is 0 Å². The van der Waals surface area contributed by atoms with E-state index in [2.05, 4.69) is 33.7 Å². The van der Waals surface area contributed by atoms with Gasteiger partial charge in [-0.2, -0.15) is 5.10 Å². The molecular formula is C18H25N5O. The highest BCUT2D eigenvalue weighted by molar-refractivity contribution is 5.43. The summed E-state index contributed by atoms with van der Waals surface area (Å²) in [4.78, 5) is 21.3. The molecule has 0 amide bonds. The molecule has 24 heavy (non-hydrogen) atoms. The van der Waals surface area contributed by atoms with Crippen molar-refractivity contribution < 1.29 is 0 Å². The number of hydrogen-bond acceptors (Lipinski definition) is 5. The van der Waals surface area contributed by atoms with E-state index in [1.165, 1.54) is 0 Å². The van der Waals surface area contributed by atoms with Gasteiger partial charge in [0.15, 0.2) is 0 Å². The number of aromatic nitrogens is 3. The number of pyridine rings is 1. The largest absolute Gasteiger partial charge is 0.371 e. The highest BCUT2D eigenvalue weighted by Gasteiger charge is 2.24. The Morgan fingerprint density at radius 3 is 2.83 bits per heavy atom. The molecule has 0 aliphatic carbocycles. The maximum Gasteiger partial charge on any atom is 0.269 e. The van der Waals surface area contributed by atoms with Crippen LogP contribution < -0.4 is 15.4 Å². The molecule has 1 aliphatic rings. The van der Waals surface area contributed by atoms with E-state index in [1.807, 2.05) is 25.2 Å². The molecule has 1 saturated heterocycles. The van der Waals surface area contributed by atoms with Crippen LogP contribution in [0.3, 0.4) is 0 Å². The number of rotatable bonds is 4. The lowest BCUT2D eigenvalue weighted by Gasteiger charge is -2.34. The molecule has 6 nitrogen and oxygen atoms in total. The van der Waals surface area contributed by atoms with Gasteiger partial charge in [0.05, 0.1) is 17.9 Å². The second-order valence-electron chi connectivity index (χ2n) is 6.63. The SMILES string of the molecule is CC(C)N(C)c1cnn(C2CCCN(c3ccccn3)C2)c(=O)c1. The van der Waals surface area contributed by atoms with Crippen LogP contribution >= 0.6 is 0 Å². The smallest absolute Gasteiger partial charge is 0.269 e. The normalized spacial score (nSPS) is 18.0. The average molecular weight is 327 g/mol. The molecule has 0 aromatic carbocycles. The summed E-state index contributed by atoms with van der Waals surface area (Å²) in [6.45, 7) is 5.93. The zero-order valence-corrected chi connectivity index (χ0v) is 14.6. The molecule has 3 rings (SSSR count). The summed E-state index contributed by atoms with van der Waals surface area (Å²) >= 11 is 0. The van der Waals surface area contributed by atoms with E-state index >= 15 is 0 Å². The first-order chi connectivity index (χ1) is 11.6. The molecule has 0 bridgehead atoms. The molecule has 0 radical (unpaired) electrons. The van der Waals surface area contributed by atoms with Crippen LogP contribution in [0.4, 0.5) is 11.5 Å². The van der Waals surface area contributed by atoms with Crippen LogP contribution in [0.2, 0.25) is 0 Å². The highest BCUT2D eigenvalue weighted by Crippen LogP contribution is 2.23. The number of hydrogen-bond donors (Lipinski definition) is 0. The molecule has 6 heteroatoms. The first kappa shape index (κ1) is 16.5. The topological polar surface area (TPSA) is 54.3 Å². The molecule has 1 atom stereocenters. The van der Waals surface area contributed by atoms with Crippen LogP contribution in [0.1, 0.15) is 32.7 Å². The lowest BCUT2D eigenvalue weighted by atomic mass is 10.1. The molecule has 2 aromatic heterocycles. The molecule has 1 unspecified atom stereocenters. The van der Waals surface area contributed by atoms with Crippen molar-refractivity contribution in [1.29, 1.82) is 0 Å². The molecule has 1 fully saturated rings. The van der Waals surface area contributed by atoms with Crippen LogP contribution in [0, 0.1) is 0 Å². The van der Waals surface area contributed by atoms with Gasteiger partial charge in [0, 0.05) is 38.4 Å². The van der Waals surface area contributed by atoms with Gasteiger partial charge in [-0.1, -0.05) is 6.07 Å². The maximum atomic E-state index is 12.5. The van der Waals surface area contributed by atoms with Crippen molar-refractivity contribution in [2.75, 3.05) is 29.9 Å². The Balaban J connectivity index is 1.80. The van der Waals surface area contributed by atoms with Crippen LogP contribution in [-0.4, -0.2) is 40.9 Å². The van der Waals surface area contributed by atoms with E-state index in [9.17, 15) is 4.79 Å². The minimum absolute atomic E-state index is 0.0344. The van der Waals surface area contributed by atoms with Gasteiger partial charge in [-0.25, -0.2) is 9.67 Å². The van der Waals surface area contributed by atoms with Crippen LogP contribution in [-0.2, 0) is 0 Å². The second kappa shape index (κ2) is 7.03. The lowest BCUT2D eigenvalue weighted by Crippen LogP contribution is -2.41. The molecule has 1 aliphatic heterocycles. The van der Waals surface area contributed by atoms with Gasteiger partial charge in [0.25, 0.3) is 5.56 Å². The van der Waals surface area contributed by atoms with Crippen molar-refractivity contribution in [3.63, 3.8) is 0 Å². The molecule has 2 aromatic rings. The third-order valence-corrected chi connectivity index (χ3v) is 4.71. The number of nitrogens with zero attached hydrogens (tertiary/aromatic N) is 5. The zero-order valence-electron chi connectivity index (χ0n) is 14.6. The monoisotopic (exact) mass is 327 g/mol. The van der Waals surface area contributed by atoms with Crippen LogP contribution in [0.5, 0.6) is 0 Å². The summed E-state index contributed by atoms with van der Waals surface area (Å²) in [5.41, 5.74) is 0.830. The third kappa shape index (κ3) is 3.42. The minimum Gasteiger partial charge on any atom is -0.371 e. The van der Waals surface area contributed by atoms with Gasteiger partial charge in [0.1, 0.15) is 5.82 Å². The first-order valence-electron chi connectivity index (χ1n) is 8.54. The van der Waals surface area contributed by atoms with Gasteiger partial charge >= 0.3 is 0 Å². The Hall–Kier alpha value is -2.37. The van der Waals surface area contributed by atoms with E-state index < -0.39 is 0 Å². The molecule has 3 heterocycles. The summed E-state index contributed by atoms with van der Waals surface area (Å²) in [5, 5.41) is 4.45. The van der Waals surface area contributed by atoms with E-state index in [0.717, 1.165) is 37.4 Å². The fraction of sp³-hybridized carbons (Fsp3) is 0.500. The fourth-order valence-corrected chi connectivity index (χ4v) is 3.08. The van der Waals surface area contributed by atoms with Crippen LogP contribution in [0.15, 0.2) is 41.5 Å². The van der Waals surface area contributed by atoms with E-state index in [-0.39, 0.29) is 11.6 Å². The number of anilines is 2. The molecule has 0 N–H and O–H groups in total. The van der Waals surface area contributed by atoms with Crippen molar-refractivity contribution in [2.45, 2.75) is 38.8 Å². The molecule has 128 valence electrons. The molecule has 0 saturated carbocycles. The maximum absolute atomic E-state index is 12.5. The third-order valence-electron chi connectivity index (χ3n) is 4.71. The van der Waals surface area contributed by atoms with Crippen molar-refractivity contribution in [1.82, 2.24) is 14.8 Å². The summed E-state index contributed by atoms with van der Waals surface area (Å²) < 4.78 is 1.63. The van der Waals surface area contributed by atoms with Crippen molar-refractivity contribution in [2.24, 2.45) is 0 Å². The summed E-state index contributed by atoms with van der Waals surface area (Å²) in [6.07, 6.45) is 5.60. The lowest BCUT2D eigenvalue weighted by molar-refractivity contribution is 0.361. The van der Waals surface area contributed by atoms with Gasteiger partial charge in [-0.15, -0.1) is 0 Å². The summed E-state index contributed by atoms with van der Waals surface area (Å²) in [7, 11) is 1.98. The van der Waals surface area contributed by atoms with Crippen molar-refractivity contribution in [3.05, 3.63) is 47.0 Å². The number of piperidine rings is 1. The molecule has 0 spiro atoms. The minimum atomic E-state index is -0.0344. The Morgan fingerprint density at radius 1 is 1.33 bits per heavy atom. The quantitative estimate of drug-likeness (QED) is 0.863. The Labute approximate surface area is 142 Å². The van der Waals surface area contributed by atoms with Gasteiger partial charge in [-0.05, 0) is 38.8 Å². The summed E-state index contributed by atoms with van der Waals surface area (Å²) in [6, 6.07) is 8.03. The Bertz CT molecular complexity index is 728. The van der Waals surface area contributed by atoms with E-state index in [0.29, 0.717) is 6.04 Å². The van der Waals surface area contributed by atoms with Crippen molar-refractivity contribution >= 4 is 11.5 Å². The van der Waals surface area contributed by atoms with Gasteiger partial charge in [-0.3, -0.25) is 4.79 Å². The Kier molecular flexibility index (Phi) is 4.83. The van der Waals surface area contributed by atoms with E-state index in [4.69, 9.17) is 0 Å². The summed E-state index contributed by atoms with van der Waals surface area (Å²) in [5.74, 6) is 0.964. The average Bonchev–Trinajstić information content (AvgIpc) is 2.61. The standard InChI is InChI=1S/C18H25N5O/c1-14(2)21(3)16-11-18(24)23(20-12-16)15-7-6-10-22(13-15)17-8-4-5-9-19-17/h4-5,8-9,11-12,14-15H,6-7,10,13H2,1-3H3. The van der Waals surface area contributed by atoms with Crippen molar-refractivity contribution in [3.8, 4) is 0 Å². The Morgan fingerprint density at radius 2 is 2.17 bits per heavy atom.